The van der Waals surface area contributed by atoms with Gasteiger partial charge in [-0.2, -0.15) is 4.99 Å². The number of aliphatic hydroxyl groups excluding tert-OH is 1. The van der Waals surface area contributed by atoms with Gasteiger partial charge < -0.3 is 10.8 Å². The van der Waals surface area contributed by atoms with Crippen LogP contribution in [-0.2, 0) is 0 Å². The second-order valence-corrected chi connectivity index (χ2v) is 6.44. The Balaban J connectivity index is 1.61. The van der Waals surface area contributed by atoms with Crippen LogP contribution in [0.2, 0.25) is 0 Å². The van der Waals surface area contributed by atoms with Crippen molar-refractivity contribution in [2.24, 2.45) is 10.7 Å². The van der Waals surface area contributed by atoms with E-state index in [0.29, 0.717) is 17.8 Å². The third-order valence-electron chi connectivity index (χ3n) is 4.67. The first-order valence-corrected chi connectivity index (χ1v) is 8.52. The highest BCUT2D eigenvalue weighted by molar-refractivity contribution is 6.12. The Hall–Kier alpha value is -3.51. The molecule has 1 heterocycles. The van der Waals surface area contributed by atoms with Crippen molar-refractivity contribution in [2.75, 3.05) is 18.1 Å². The van der Waals surface area contributed by atoms with Gasteiger partial charge in [0, 0.05) is 11.3 Å². The Labute approximate surface area is 156 Å². The summed E-state index contributed by atoms with van der Waals surface area (Å²) in [7, 11) is 0. The summed E-state index contributed by atoms with van der Waals surface area (Å²) in [6, 6.07) is 19.2. The molecule has 1 aliphatic heterocycles. The van der Waals surface area contributed by atoms with Crippen molar-refractivity contribution >= 4 is 34.0 Å². The van der Waals surface area contributed by atoms with Crippen molar-refractivity contribution in [1.29, 1.82) is 5.41 Å². The molecule has 0 saturated carbocycles. The number of aliphatic hydroxyl groups is 1. The van der Waals surface area contributed by atoms with Gasteiger partial charge in [0.25, 0.3) is 0 Å². The minimum atomic E-state index is -0.348. The van der Waals surface area contributed by atoms with E-state index in [-0.39, 0.29) is 18.5 Å². The lowest BCUT2D eigenvalue weighted by Crippen LogP contribution is -2.26. The summed E-state index contributed by atoms with van der Waals surface area (Å²) in [6.45, 7) is 0.117. The minimum absolute atomic E-state index is 0.0568. The summed E-state index contributed by atoms with van der Waals surface area (Å²) in [5, 5.41) is 18.8. The van der Waals surface area contributed by atoms with E-state index in [9.17, 15) is 4.79 Å². The average Bonchev–Trinajstić information content (AvgIpc) is 3.08. The third-order valence-corrected chi connectivity index (χ3v) is 4.67. The number of carbonyl (C=O) groups excluding carboxylic acids is 1. The van der Waals surface area contributed by atoms with Crippen molar-refractivity contribution in [3.63, 3.8) is 0 Å². The zero-order chi connectivity index (χ0) is 19.0. The number of carbonyl (C=O) groups is 1. The molecule has 3 aromatic rings. The molecule has 6 heteroatoms. The van der Waals surface area contributed by atoms with E-state index in [4.69, 9.17) is 16.2 Å². The number of fused-ring (bicyclic) bond motifs is 1. The molecule has 0 unspecified atom stereocenters. The number of anilines is 1. The predicted octanol–water partition coefficient (Wildman–Crippen LogP) is 3.16. The number of nitrogens with one attached hydrogen (secondary N) is 1. The molecule has 0 fully saturated rings. The fourth-order valence-electron chi connectivity index (χ4n) is 3.19. The van der Waals surface area contributed by atoms with Crippen molar-refractivity contribution in [3.05, 3.63) is 66.2 Å². The third kappa shape index (κ3) is 3.18. The van der Waals surface area contributed by atoms with E-state index < -0.39 is 0 Å². The first kappa shape index (κ1) is 16.9. The first-order chi connectivity index (χ1) is 13.0. The molecule has 0 aliphatic carbocycles. The Morgan fingerprint density at radius 3 is 2.37 bits per heavy atom. The molecule has 3 aromatic carbocycles. The molecule has 27 heavy (non-hydrogen) atoms. The van der Waals surface area contributed by atoms with Gasteiger partial charge in [0.1, 0.15) is 5.84 Å². The summed E-state index contributed by atoms with van der Waals surface area (Å²) in [5.74, 6) is 0.0568. The number of nitrogens with two attached hydrogens (primary N) is 1. The molecule has 0 saturated heterocycles. The van der Waals surface area contributed by atoms with E-state index in [2.05, 4.69) is 11.1 Å². The summed E-state index contributed by atoms with van der Waals surface area (Å²) in [4.78, 5) is 17.3. The van der Waals surface area contributed by atoms with E-state index in [0.717, 1.165) is 27.6 Å². The maximum atomic E-state index is 11.9. The van der Waals surface area contributed by atoms with Gasteiger partial charge in [-0.1, -0.05) is 36.4 Å². The molecule has 2 amide bonds. The summed E-state index contributed by atoms with van der Waals surface area (Å²) in [6.07, 6.45) is 0. The highest BCUT2D eigenvalue weighted by Crippen LogP contribution is 2.28. The van der Waals surface area contributed by atoms with Gasteiger partial charge in [0.2, 0.25) is 0 Å². The highest BCUT2D eigenvalue weighted by atomic mass is 16.3. The lowest BCUT2D eigenvalue weighted by molar-refractivity contribution is 0.256. The predicted molar refractivity (Wildman–Crippen MR) is 108 cm³/mol. The van der Waals surface area contributed by atoms with Crippen LogP contribution in [0.1, 0.15) is 5.56 Å². The summed E-state index contributed by atoms with van der Waals surface area (Å²) in [5.41, 5.74) is 9.58. The lowest BCUT2D eigenvalue weighted by Gasteiger charge is -2.15. The number of urea groups is 1. The van der Waals surface area contributed by atoms with Gasteiger partial charge >= 0.3 is 6.03 Å². The van der Waals surface area contributed by atoms with Crippen LogP contribution in [0.5, 0.6) is 0 Å². The van der Waals surface area contributed by atoms with Crippen LogP contribution in [0.3, 0.4) is 0 Å². The van der Waals surface area contributed by atoms with Crippen LogP contribution in [0, 0.1) is 5.41 Å². The number of nitrogen functional groups attached to an aromatic ring is 1. The number of amides is 2. The Morgan fingerprint density at radius 2 is 1.70 bits per heavy atom. The molecule has 4 rings (SSSR count). The van der Waals surface area contributed by atoms with E-state index in [1.807, 2.05) is 54.6 Å². The largest absolute Gasteiger partial charge is 0.390 e. The second-order valence-electron chi connectivity index (χ2n) is 6.44. The molecule has 0 spiro atoms. The first-order valence-electron chi connectivity index (χ1n) is 8.52. The minimum Gasteiger partial charge on any atom is -0.390 e. The topological polar surface area (TPSA) is 103 Å². The number of hydrogen-bond donors (Lipinski definition) is 3. The second kappa shape index (κ2) is 6.66. The molecule has 0 aromatic heterocycles. The zero-order valence-electron chi connectivity index (χ0n) is 14.5. The lowest BCUT2D eigenvalue weighted by atomic mass is 9.99. The Bertz CT molecular complexity index is 1090. The van der Waals surface area contributed by atoms with Crippen LogP contribution >= 0.6 is 0 Å². The van der Waals surface area contributed by atoms with Gasteiger partial charge in [-0.25, -0.2) is 4.79 Å². The molecule has 0 atom stereocenters. The number of aliphatic imine (C=N–C) groups is 1. The molecule has 1 aliphatic rings. The van der Waals surface area contributed by atoms with E-state index >= 15 is 0 Å². The Kier molecular flexibility index (Phi) is 4.18. The molecule has 6 nitrogen and oxygen atoms in total. The molecule has 0 radical (unpaired) electrons. The summed E-state index contributed by atoms with van der Waals surface area (Å²) < 4.78 is 0. The molecular weight excluding hydrogens is 340 g/mol. The molecular formula is C21H18N4O2. The highest BCUT2D eigenvalue weighted by Gasteiger charge is 2.24. The smallest absolute Gasteiger partial charge is 0.348 e. The van der Waals surface area contributed by atoms with E-state index in [1.165, 1.54) is 0 Å². The maximum Gasteiger partial charge on any atom is 0.348 e. The number of benzene rings is 3. The van der Waals surface area contributed by atoms with Crippen LogP contribution in [0.4, 0.5) is 10.5 Å². The fraction of sp³-hybridized carbons (Fsp3) is 0.0952. The quantitative estimate of drug-likeness (QED) is 0.493. The van der Waals surface area contributed by atoms with Crippen molar-refractivity contribution in [3.8, 4) is 11.1 Å². The van der Waals surface area contributed by atoms with Gasteiger partial charge in [0.05, 0.1) is 18.9 Å². The van der Waals surface area contributed by atoms with Gasteiger partial charge in [-0.05, 0) is 46.2 Å². The van der Waals surface area contributed by atoms with Crippen LogP contribution in [-0.4, -0.2) is 35.8 Å². The molecule has 134 valence electrons. The monoisotopic (exact) mass is 358 g/mol. The Morgan fingerprint density at radius 1 is 1.04 bits per heavy atom. The van der Waals surface area contributed by atoms with Crippen molar-refractivity contribution in [1.82, 2.24) is 0 Å². The van der Waals surface area contributed by atoms with Crippen LogP contribution in [0.25, 0.3) is 21.9 Å². The number of rotatable bonds is 4. The van der Waals surface area contributed by atoms with Gasteiger partial charge in [0.15, 0.2) is 0 Å². The molecule has 4 N–H and O–H groups in total. The number of amidine groups is 1. The van der Waals surface area contributed by atoms with Gasteiger partial charge in [-0.3, -0.25) is 10.3 Å². The molecule has 0 bridgehead atoms. The average molecular weight is 358 g/mol. The number of hydrogen-bond acceptors (Lipinski definition) is 3. The van der Waals surface area contributed by atoms with Crippen LogP contribution in [0.15, 0.2) is 65.7 Å². The number of nitrogens with zero attached hydrogens (tertiary/aromatic N) is 2. The fourth-order valence-corrected chi connectivity index (χ4v) is 3.19. The van der Waals surface area contributed by atoms with Crippen molar-refractivity contribution in [2.45, 2.75) is 0 Å². The van der Waals surface area contributed by atoms with E-state index in [1.54, 1.807) is 4.90 Å². The SMILES string of the molecule is N=C(N)c1ccc2cc(-c3ccc(N4CC(CO)=NC4=O)cc3)ccc2c1. The standard InChI is InChI=1S/C21H18N4O2/c22-20(23)17-4-3-15-9-14(1-2-16(15)10-17)13-5-7-19(8-6-13)25-11-18(12-26)24-21(25)27/h1-10,26H,11-12H2,(H3,22,23). The maximum absolute atomic E-state index is 11.9. The zero-order valence-corrected chi connectivity index (χ0v) is 14.5. The summed E-state index contributed by atoms with van der Waals surface area (Å²) >= 11 is 0. The van der Waals surface area contributed by atoms with Crippen molar-refractivity contribution < 1.29 is 9.90 Å². The van der Waals surface area contributed by atoms with Gasteiger partial charge in [-0.15, -0.1) is 0 Å². The van der Waals surface area contributed by atoms with Crippen LogP contribution < -0.4 is 10.6 Å². The normalized spacial score (nSPS) is 13.9.